The smallest absolute Gasteiger partial charge is 0.202 e. The number of carbonyl (C=O) groups is 1. The number of ether oxygens (including phenoxy) is 1. The molecule has 0 radical (unpaired) electrons. The third kappa shape index (κ3) is 4.74. The number of Topliss-reactive ketones (excluding diaryl/α,β-unsaturated/α-hetero) is 1. The molecule has 3 unspecified atom stereocenters. The van der Waals surface area contributed by atoms with Crippen molar-refractivity contribution < 1.29 is 14.6 Å². The second-order valence-corrected chi connectivity index (χ2v) is 6.43. The van der Waals surface area contributed by atoms with Gasteiger partial charge in [-0.3, -0.25) is 0 Å². The lowest BCUT2D eigenvalue weighted by Crippen LogP contribution is -2.34. The topological polar surface area (TPSA) is 51.5 Å². The summed E-state index contributed by atoms with van der Waals surface area (Å²) < 4.78 is 7.66. The van der Waals surface area contributed by atoms with E-state index in [1.165, 1.54) is 6.92 Å². The van der Waals surface area contributed by atoms with Crippen LogP contribution in [0, 0.1) is 5.92 Å². The summed E-state index contributed by atoms with van der Waals surface area (Å²) in [6.45, 7) is 3.32. The third-order valence-corrected chi connectivity index (χ3v) is 4.08. The van der Waals surface area contributed by atoms with Crippen LogP contribution in [0.4, 0.5) is 0 Å². The second-order valence-electron chi connectivity index (χ2n) is 5.59. The molecule has 2 aromatic rings. The van der Waals surface area contributed by atoms with Gasteiger partial charge < -0.3 is 19.2 Å². The van der Waals surface area contributed by atoms with Crippen molar-refractivity contribution in [2.24, 2.45) is 5.92 Å². The summed E-state index contributed by atoms with van der Waals surface area (Å²) in [5.74, 6) is 0.183. The third-order valence-electron chi connectivity index (χ3n) is 3.55. The second kappa shape index (κ2) is 7.86. The highest BCUT2D eigenvalue weighted by Gasteiger charge is 2.29. The Labute approximate surface area is 145 Å². The molecule has 0 aliphatic rings. The van der Waals surface area contributed by atoms with Gasteiger partial charge in [-0.25, -0.2) is 0 Å². The number of hydrogen-bond donors (Lipinski definition) is 1. The first-order chi connectivity index (χ1) is 10.9. The number of benzene rings is 1. The van der Waals surface area contributed by atoms with E-state index in [1.807, 2.05) is 19.1 Å². The van der Waals surface area contributed by atoms with E-state index >= 15 is 0 Å². The molecular formula is C17H19Cl2NO3. The molecule has 2 rings (SSSR count). The zero-order valence-electron chi connectivity index (χ0n) is 12.9. The van der Waals surface area contributed by atoms with Gasteiger partial charge in [-0.05, 0) is 43.2 Å². The Hall–Kier alpha value is -1.49. The van der Waals surface area contributed by atoms with Crippen molar-refractivity contribution in [2.75, 3.05) is 0 Å². The maximum atomic E-state index is 11.3. The molecule has 0 aliphatic heterocycles. The average molecular weight is 356 g/mol. The fraction of sp³-hybridized carbons (Fsp3) is 0.353. The zero-order valence-corrected chi connectivity index (χ0v) is 14.5. The van der Waals surface area contributed by atoms with E-state index in [1.54, 1.807) is 35.2 Å². The van der Waals surface area contributed by atoms with Gasteiger partial charge in [0.25, 0.3) is 0 Å². The molecule has 0 aliphatic carbocycles. The Morgan fingerprint density at radius 3 is 2.52 bits per heavy atom. The summed E-state index contributed by atoms with van der Waals surface area (Å²) in [7, 11) is 0. The van der Waals surface area contributed by atoms with Crippen molar-refractivity contribution in [3.63, 3.8) is 0 Å². The van der Waals surface area contributed by atoms with Gasteiger partial charge in [0, 0.05) is 23.8 Å². The van der Waals surface area contributed by atoms with E-state index in [2.05, 4.69) is 0 Å². The average Bonchev–Trinajstić information content (AvgIpc) is 2.99. The van der Waals surface area contributed by atoms with Gasteiger partial charge in [-0.15, -0.1) is 0 Å². The minimum atomic E-state index is -0.877. The van der Waals surface area contributed by atoms with Crippen molar-refractivity contribution in [1.29, 1.82) is 0 Å². The summed E-state index contributed by atoms with van der Waals surface area (Å²) in [6.07, 6.45) is 2.28. The summed E-state index contributed by atoms with van der Waals surface area (Å²) in [5, 5.41) is 11.5. The van der Waals surface area contributed by atoms with Gasteiger partial charge >= 0.3 is 0 Å². The van der Waals surface area contributed by atoms with Gasteiger partial charge in [0.1, 0.15) is 17.6 Å². The minimum absolute atomic E-state index is 0.0207. The fourth-order valence-corrected chi connectivity index (χ4v) is 2.83. The molecule has 0 amide bonds. The first-order valence-corrected chi connectivity index (χ1v) is 8.05. The van der Waals surface area contributed by atoms with Crippen molar-refractivity contribution in [2.45, 2.75) is 32.6 Å². The first-order valence-electron chi connectivity index (χ1n) is 7.30. The molecule has 6 heteroatoms. The highest BCUT2D eigenvalue weighted by atomic mass is 35.5. The normalized spacial score (nSPS) is 15.0. The highest BCUT2D eigenvalue weighted by molar-refractivity contribution is 6.35. The zero-order chi connectivity index (χ0) is 17.0. The minimum Gasteiger partial charge on any atom is -0.466 e. The number of nitrogens with zero attached hydrogens (tertiary/aromatic N) is 1. The van der Waals surface area contributed by atoms with Crippen LogP contribution in [0.1, 0.15) is 26.5 Å². The van der Waals surface area contributed by atoms with Crippen LogP contribution in [-0.2, 0) is 4.79 Å². The predicted molar refractivity (Wildman–Crippen MR) is 91.0 cm³/mol. The summed E-state index contributed by atoms with van der Waals surface area (Å²) in [4.78, 5) is 11.3. The molecule has 0 saturated carbocycles. The van der Waals surface area contributed by atoms with Crippen LogP contribution in [-0.4, -0.2) is 21.6 Å². The number of aliphatic hydroxyl groups is 1. The Bertz CT molecular complexity index is 658. The van der Waals surface area contributed by atoms with E-state index in [-0.39, 0.29) is 18.1 Å². The monoisotopic (exact) mass is 355 g/mol. The van der Waals surface area contributed by atoms with Crippen LogP contribution in [0.25, 0.3) is 0 Å². The van der Waals surface area contributed by atoms with Crippen molar-refractivity contribution >= 4 is 29.0 Å². The largest absolute Gasteiger partial charge is 0.466 e. The molecule has 4 nitrogen and oxygen atoms in total. The van der Waals surface area contributed by atoms with E-state index in [4.69, 9.17) is 27.9 Å². The van der Waals surface area contributed by atoms with Gasteiger partial charge in [-0.1, -0.05) is 30.1 Å². The lowest BCUT2D eigenvalue weighted by Gasteiger charge is -2.29. The number of carbonyl (C=O) groups excluding carboxylic acids is 1. The molecule has 124 valence electrons. The molecule has 1 aromatic heterocycles. The van der Waals surface area contributed by atoms with Crippen molar-refractivity contribution in [3.8, 4) is 5.75 Å². The van der Waals surface area contributed by atoms with Crippen LogP contribution in [0.2, 0.25) is 10.0 Å². The number of hydrogen-bond acceptors (Lipinski definition) is 3. The summed E-state index contributed by atoms with van der Waals surface area (Å²) in [5.41, 5.74) is 0. The van der Waals surface area contributed by atoms with Gasteiger partial charge in [-0.2, -0.15) is 0 Å². The Balaban J connectivity index is 2.26. The van der Waals surface area contributed by atoms with Crippen LogP contribution in [0.15, 0.2) is 42.7 Å². The Morgan fingerprint density at radius 1 is 1.30 bits per heavy atom. The standard InChI is InChI=1S/C17H19Cl2NO3/c1-11(9-12(2)21)16(22)17(20-7-3-4-8-20)23-15-6-5-13(18)10-14(15)19/h3-8,10-11,16-17,22H,9H2,1-2H3. The quantitative estimate of drug-likeness (QED) is 0.803. The van der Waals surface area contributed by atoms with Crippen LogP contribution in [0.5, 0.6) is 5.75 Å². The molecule has 3 atom stereocenters. The number of aromatic nitrogens is 1. The summed E-state index contributed by atoms with van der Waals surface area (Å²) in [6, 6.07) is 8.57. The number of rotatable bonds is 7. The maximum absolute atomic E-state index is 11.3. The molecule has 23 heavy (non-hydrogen) atoms. The Morgan fingerprint density at radius 2 is 1.96 bits per heavy atom. The van der Waals surface area contributed by atoms with Crippen molar-refractivity contribution in [1.82, 2.24) is 4.57 Å². The van der Waals surface area contributed by atoms with Crippen LogP contribution >= 0.6 is 23.2 Å². The molecule has 0 bridgehead atoms. The molecule has 1 N–H and O–H groups in total. The molecule has 1 heterocycles. The molecule has 0 spiro atoms. The van der Waals surface area contributed by atoms with E-state index in [0.29, 0.717) is 15.8 Å². The van der Waals surface area contributed by atoms with Gasteiger partial charge in [0.2, 0.25) is 6.23 Å². The Kier molecular flexibility index (Phi) is 6.10. The fourth-order valence-electron chi connectivity index (χ4n) is 2.38. The summed E-state index contributed by atoms with van der Waals surface area (Å²) >= 11 is 12.0. The van der Waals surface area contributed by atoms with Crippen LogP contribution < -0.4 is 4.74 Å². The van der Waals surface area contributed by atoms with Gasteiger partial charge in [0.05, 0.1) is 5.02 Å². The van der Waals surface area contributed by atoms with E-state index in [9.17, 15) is 9.90 Å². The van der Waals surface area contributed by atoms with Crippen LogP contribution in [0.3, 0.4) is 0 Å². The molecule has 0 fully saturated rings. The lowest BCUT2D eigenvalue weighted by atomic mass is 9.97. The molecule has 1 aromatic carbocycles. The number of aliphatic hydroxyl groups excluding tert-OH is 1. The van der Waals surface area contributed by atoms with Crippen molar-refractivity contribution in [3.05, 3.63) is 52.8 Å². The number of halogens is 2. The van der Waals surface area contributed by atoms with Gasteiger partial charge in [0.15, 0.2) is 0 Å². The lowest BCUT2D eigenvalue weighted by molar-refractivity contribution is -0.120. The predicted octanol–water partition coefficient (Wildman–Crippen LogP) is 4.35. The van der Waals surface area contributed by atoms with E-state index in [0.717, 1.165) is 0 Å². The maximum Gasteiger partial charge on any atom is 0.202 e. The molecule has 0 saturated heterocycles. The highest BCUT2D eigenvalue weighted by Crippen LogP contribution is 2.32. The SMILES string of the molecule is CC(=O)CC(C)C(O)C(Oc1ccc(Cl)cc1Cl)n1cccc1. The molecular weight excluding hydrogens is 337 g/mol. The number of ketones is 1. The first kappa shape index (κ1) is 17.9. The van der Waals surface area contributed by atoms with E-state index < -0.39 is 12.3 Å².